The smallest absolute Gasteiger partial charge is 0.0491 e. The van der Waals surface area contributed by atoms with Crippen LogP contribution in [0, 0.1) is 5.92 Å². The van der Waals surface area contributed by atoms with Gasteiger partial charge >= 0.3 is 0 Å². The molecule has 0 fully saturated rings. The molecule has 3 aromatic carbocycles. The molecule has 3 unspecified atom stereocenters. The van der Waals surface area contributed by atoms with Gasteiger partial charge in [-0.2, -0.15) is 0 Å². The van der Waals surface area contributed by atoms with Crippen molar-refractivity contribution in [3.05, 3.63) is 107 Å². The van der Waals surface area contributed by atoms with Gasteiger partial charge in [-0.3, -0.25) is 0 Å². The Morgan fingerprint density at radius 3 is 1.62 bits per heavy atom. The SMILES string of the molecule is CCC(C)c1ccc(CC(C)COC)cc1.CCC(C)c1ccc(CCC(C)(C)c2ccccc2)cc1. The van der Waals surface area contributed by atoms with E-state index in [1.54, 1.807) is 7.11 Å². The number of hydrogen-bond acceptors (Lipinski definition) is 1. The number of hydrogen-bond donors (Lipinski definition) is 0. The zero-order valence-electron chi connectivity index (χ0n) is 24.9. The van der Waals surface area contributed by atoms with Crippen molar-refractivity contribution in [3.8, 4) is 0 Å². The molecule has 0 heterocycles. The molecule has 202 valence electrons. The third-order valence-corrected chi connectivity index (χ3v) is 7.95. The van der Waals surface area contributed by atoms with Gasteiger partial charge in [0, 0.05) is 13.7 Å². The van der Waals surface area contributed by atoms with Crippen LogP contribution in [0.3, 0.4) is 0 Å². The fourth-order valence-electron chi connectivity index (χ4n) is 4.70. The van der Waals surface area contributed by atoms with Crippen LogP contribution in [-0.4, -0.2) is 13.7 Å². The van der Waals surface area contributed by atoms with Crippen LogP contribution in [0.2, 0.25) is 0 Å². The summed E-state index contributed by atoms with van der Waals surface area (Å²) in [6.07, 6.45) is 5.84. The number of methoxy groups -OCH3 is 1. The predicted octanol–water partition coefficient (Wildman–Crippen LogP) is 10.1. The van der Waals surface area contributed by atoms with Crippen LogP contribution in [0.15, 0.2) is 78.9 Å². The molecule has 0 saturated heterocycles. The van der Waals surface area contributed by atoms with Crippen LogP contribution in [0.4, 0.5) is 0 Å². The molecule has 0 aliphatic carbocycles. The molecule has 0 spiro atoms. The zero-order chi connectivity index (χ0) is 27.3. The number of benzene rings is 3. The lowest BCUT2D eigenvalue weighted by atomic mass is 9.79. The first-order chi connectivity index (χ1) is 17.7. The molecule has 37 heavy (non-hydrogen) atoms. The Morgan fingerprint density at radius 2 is 1.16 bits per heavy atom. The van der Waals surface area contributed by atoms with E-state index >= 15 is 0 Å². The molecule has 0 bridgehead atoms. The summed E-state index contributed by atoms with van der Waals surface area (Å²) in [7, 11) is 1.77. The van der Waals surface area contributed by atoms with Crippen molar-refractivity contribution in [1.29, 1.82) is 0 Å². The standard InChI is InChI=1S/C21H28.C15H24O/c1-5-17(2)19-13-11-18(12-14-19)15-16-21(3,4)20-9-7-6-8-10-20;1-5-13(3)15-8-6-14(7-9-15)10-12(2)11-16-4/h6-14,17H,5,15-16H2,1-4H3;6-9,12-13H,5,10-11H2,1-4H3. The molecule has 1 heteroatoms. The van der Waals surface area contributed by atoms with Gasteiger partial charge in [-0.25, -0.2) is 0 Å². The highest BCUT2D eigenvalue weighted by Gasteiger charge is 2.19. The van der Waals surface area contributed by atoms with Gasteiger partial charge in [-0.15, -0.1) is 0 Å². The van der Waals surface area contributed by atoms with Crippen molar-refractivity contribution >= 4 is 0 Å². The van der Waals surface area contributed by atoms with E-state index in [2.05, 4.69) is 127 Å². The molecular formula is C36H52O. The fraction of sp³-hybridized carbons (Fsp3) is 0.500. The molecule has 3 atom stereocenters. The van der Waals surface area contributed by atoms with Crippen LogP contribution in [0.25, 0.3) is 0 Å². The summed E-state index contributed by atoms with van der Waals surface area (Å²) < 4.78 is 5.16. The van der Waals surface area contributed by atoms with E-state index < -0.39 is 0 Å². The zero-order valence-corrected chi connectivity index (χ0v) is 24.9. The second-order valence-electron chi connectivity index (χ2n) is 11.6. The van der Waals surface area contributed by atoms with Gasteiger partial charge in [-0.1, -0.05) is 127 Å². The Balaban J connectivity index is 0.000000271. The third-order valence-electron chi connectivity index (χ3n) is 7.95. The van der Waals surface area contributed by atoms with E-state index in [-0.39, 0.29) is 5.41 Å². The maximum Gasteiger partial charge on any atom is 0.0491 e. The summed E-state index contributed by atoms with van der Waals surface area (Å²) in [4.78, 5) is 0. The maximum atomic E-state index is 5.16. The maximum absolute atomic E-state index is 5.16. The molecule has 0 amide bonds. The first kappa shape index (κ1) is 30.8. The lowest BCUT2D eigenvalue weighted by Gasteiger charge is -2.25. The monoisotopic (exact) mass is 500 g/mol. The average molecular weight is 501 g/mol. The molecule has 0 aliphatic rings. The van der Waals surface area contributed by atoms with Crippen molar-refractivity contribution in [1.82, 2.24) is 0 Å². The van der Waals surface area contributed by atoms with Gasteiger partial charge in [0.1, 0.15) is 0 Å². The Morgan fingerprint density at radius 1 is 0.676 bits per heavy atom. The average Bonchev–Trinajstić information content (AvgIpc) is 2.93. The van der Waals surface area contributed by atoms with Crippen LogP contribution in [0.1, 0.15) is 107 Å². The number of rotatable bonds is 12. The summed E-state index contributed by atoms with van der Waals surface area (Å²) in [5, 5.41) is 0. The Labute approximate surface area is 228 Å². The lowest BCUT2D eigenvalue weighted by Crippen LogP contribution is -2.17. The Kier molecular flexibility index (Phi) is 13.1. The molecule has 0 N–H and O–H groups in total. The van der Waals surface area contributed by atoms with Gasteiger partial charge in [0.2, 0.25) is 0 Å². The predicted molar refractivity (Wildman–Crippen MR) is 163 cm³/mol. The highest BCUT2D eigenvalue weighted by molar-refractivity contribution is 5.28. The molecule has 1 nitrogen and oxygen atoms in total. The van der Waals surface area contributed by atoms with Gasteiger partial charge in [0.15, 0.2) is 0 Å². The topological polar surface area (TPSA) is 9.23 Å². The largest absolute Gasteiger partial charge is 0.384 e. The summed E-state index contributed by atoms with van der Waals surface area (Å²) >= 11 is 0. The van der Waals surface area contributed by atoms with E-state index in [4.69, 9.17) is 4.74 Å². The first-order valence-electron chi connectivity index (χ1n) is 14.4. The molecule has 0 aliphatic heterocycles. The quantitative estimate of drug-likeness (QED) is 0.240. The van der Waals surface area contributed by atoms with Gasteiger partial charge in [0.25, 0.3) is 0 Å². The second-order valence-corrected chi connectivity index (χ2v) is 11.6. The highest BCUT2D eigenvalue weighted by atomic mass is 16.5. The summed E-state index contributed by atoms with van der Waals surface area (Å²) in [6, 6.07) is 29.1. The van der Waals surface area contributed by atoms with Gasteiger partial charge in [-0.05, 0) is 83.1 Å². The number of aryl methyl sites for hydroxylation is 1. The highest BCUT2D eigenvalue weighted by Crippen LogP contribution is 2.29. The summed E-state index contributed by atoms with van der Waals surface area (Å²) in [6.45, 7) is 16.8. The molecule has 0 saturated carbocycles. The van der Waals surface area contributed by atoms with E-state index in [9.17, 15) is 0 Å². The van der Waals surface area contributed by atoms with Gasteiger partial charge < -0.3 is 4.74 Å². The van der Waals surface area contributed by atoms with Crippen molar-refractivity contribution in [2.45, 2.75) is 97.8 Å². The van der Waals surface area contributed by atoms with E-state index in [0.717, 1.165) is 19.4 Å². The van der Waals surface area contributed by atoms with Gasteiger partial charge in [0.05, 0.1) is 0 Å². The summed E-state index contributed by atoms with van der Waals surface area (Å²) in [5.74, 6) is 1.93. The summed E-state index contributed by atoms with van der Waals surface area (Å²) in [5.41, 5.74) is 7.44. The molecule has 3 aromatic rings. The Bertz CT molecular complexity index is 985. The lowest BCUT2D eigenvalue weighted by molar-refractivity contribution is 0.159. The Hall–Kier alpha value is -2.38. The molecular weight excluding hydrogens is 448 g/mol. The van der Waals surface area contributed by atoms with Crippen molar-refractivity contribution in [3.63, 3.8) is 0 Å². The molecule has 0 radical (unpaired) electrons. The normalized spacial score (nSPS) is 13.8. The van der Waals surface area contributed by atoms with Crippen molar-refractivity contribution in [2.75, 3.05) is 13.7 Å². The minimum absolute atomic E-state index is 0.233. The molecule has 0 aromatic heterocycles. The van der Waals surface area contributed by atoms with E-state index in [1.807, 2.05) is 0 Å². The van der Waals surface area contributed by atoms with Crippen LogP contribution in [0.5, 0.6) is 0 Å². The first-order valence-corrected chi connectivity index (χ1v) is 14.4. The minimum Gasteiger partial charge on any atom is -0.384 e. The van der Waals surface area contributed by atoms with Crippen LogP contribution >= 0.6 is 0 Å². The van der Waals surface area contributed by atoms with Crippen LogP contribution < -0.4 is 0 Å². The van der Waals surface area contributed by atoms with E-state index in [1.165, 1.54) is 47.1 Å². The second kappa shape index (κ2) is 15.8. The van der Waals surface area contributed by atoms with E-state index in [0.29, 0.717) is 17.8 Å². The fourth-order valence-corrected chi connectivity index (χ4v) is 4.70. The van der Waals surface area contributed by atoms with Crippen LogP contribution in [-0.2, 0) is 23.0 Å². The van der Waals surface area contributed by atoms with Crippen molar-refractivity contribution < 1.29 is 4.74 Å². The third kappa shape index (κ3) is 10.5. The minimum atomic E-state index is 0.233. The van der Waals surface area contributed by atoms with Crippen molar-refractivity contribution in [2.24, 2.45) is 5.92 Å². The molecule has 3 rings (SSSR count). The number of ether oxygens (including phenoxy) is 1.